The molecule has 6 heteroatoms. The normalized spacial score (nSPS) is 16.1. The number of hydrogen-bond donors (Lipinski definition) is 3. The first-order chi connectivity index (χ1) is 13.2. The third-order valence-electron chi connectivity index (χ3n) is 5.05. The molecule has 0 radical (unpaired) electrons. The summed E-state index contributed by atoms with van der Waals surface area (Å²) in [6.07, 6.45) is 7.02. The summed E-state index contributed by atoms with van der Waals surface area (Å²) in [6.45, 7) is 1.69. The Morgan fingerprint density at radius 1 is 1.30 bits per heavy atom. The minimum Gasteiger partial charge on any atom is -0.308 e. The van der Waals surface area contributed by atoms with E-state index in [2.05, 4.69) is 34.7 Å². The van der Waals surface area contributed by atoms with Crippen molar-refractivity contribution in [1.29, 1.82) is 0 Å². The number of para-hydroxylation sites is 1. The van der Waals surface area contributed by atoms with Gasteiger partial charge in [0.2, 0.25) is 0 Å². The van der Waals surface area contributed by atoms with E-state index < -0.39 is 5.91 Å². The Kier molecular flexibility index (Phi) is 5.00. The monoisotopic (exact) mass is 362 g/mol. The van der Waals surface area contributed by atoms with E-state index in [-0.39, 0.29) is 0 Å². The third kappa shape index (κ3) is 3.77. The first-order valence-electron chi connectivity index (χ1n) is 9.13. The smallest absolute Gasteiger partial charge is 0.267 e. The van der Waals surface area contributed by atoms with Gasteiger partial charge < -0.3 is 5.32 Å². The second-order valence-corrected chi connectivity index (χ2v) is 6.74. The number of nitrogens with zero attached hydrogens (tertiary/aromatic N) is 2. The van der Waals surface area contributed by atoms with Crippen molar-refractivity contribution in [1.82, 2.24) is 20.6 Å². The molecule has 1 aliphatic carbocycles. The highest BCUT2D eigenvalue weighted by Crippen LogP contribution is 2.32. The van der Waals surface area contributed by atoms with Crippen molar-refractivity contribution in [3.63, 3.8) is 0 Å². The Bertz CT molecular complexity index is 993. The summed E-state index contributed by atoms with van der Waals surface area (Å²) in [7, 11) is 0. The topological polar surface area (TPSA) is 79.2 Å². The van der Waals surface area contributed by atoms with Crippen LogP contribution in [0.1, 0.15) is 29.2 Å². The molecule has 0 saturated heterocycles. The molecule has 2 aromatic carbocycles. The lowest BCUT2D eigenvalue weighted by Crippen LogP contribution is -2.24. The van der Waals surface area contributed by atoms with Crippen molar-refractivity contribution in [2.24, 2.45) is 0 Å². The molecule has 3 aromatic rings. The molecular weight excluding hydrogens is 340 g/mol. The zero-order valence-corrected chi connectivity index (χ0v) is 14.9. The van der Waals surface area contributed by atoms with E-state index >= 15 is 0 Å². The van der Waals surface area contributed by atoms with Crippen LogP contribution in [0.4, 0.5) is 0 Å². The quantitative estimate of drug-likeness (QED) is 0.358. The third-order valence-corrected chi connectivity index (χ3v) is 5.05. The summed E-state index contributed by atoms with van der Waals surface area (Å²) in [6, 6.07) is 14.8. The fraction of sp³-hybridized carbons (Fsp3) is 0.238. The Morgan fingerprint density at radius 3 is 3.07 bits per heavy atom. The van der Waals surface area contributed by atoms with Crippen molar-refractivity contribution in [2.75, 3.05) is 6.54 Å². The number of rotatable bonds is 6. The van der Waals surface area contributed by atoms with E-state index in [4.69, 9.17) is 5.21 Å². The van der Waals surface area contributed by atoms with Gasteiger partial charge in [0.25, 0.3) is 5.91 Å². The highest BCUT2D eigenvalue weighted by atomic mass is 16.5. The summed E-state index contributed by atoms with van der Waals surface area (Å²) >= 11 is 0. The standard InChI is InChI=1S/C21H22N4O2/c26-21(24-27)10-6-15-5-8-18-16(13-15)7-9-19(18)22-11-12-25-20-4-2-1-3-17(20)14-23-25/h1-6,8,10,13-14,19,22,27H,7,9,11-12H2,(H,24,26). The van der Waals surface area contributed by atoms with E-state index in [1.54, 1.807) is 11.6 Å². The molecule has 0 bridgehead atoms. The first kappa shape index (κ1) is 17.5. The number of carbonyl (C=O) groups is 1. The number of benzene rings is 2. The molecule has 0 spiro atoms. The molecule has 1 atom stereocenters. The Labute approximate surface area is 157 Å². The van der Waals surface area contributed by atoms with Gasteiger partial charge in [0.1, 0.15) is 0 Å². The number of aryl methyl sites for hydroxylation is 1. The molecule has 138 valence electrons. The molecule has 0 aliphatic heterocycles. The highest BCUT2D eigenvalue weighted by molar-refractivity contribution is 5.90. The minimum absolute atomic E-state index is 0.348. The average molecular weight is 362 g/mol. The molecule has 1 aliphatic rings. The van der Waals surface area contributed by atoms with Gasteiger partial charge in [0, 0.05) is 24.0 Å². The molecule has 1 aromatic heterocycles. The number of aromatic nitrogens is 2. The maximum absolute atomic E-state index is 11.1. The Balaban J connectivity index is 1.38. The number of hydrogen-bond acceptors (Lipinski definition) is 4. The molecule has 1 heterocycles. The second kappa shape index (κ2) is 7.73. The number of fused-ring (bicyclic) bond motifs is 2. The van der Waals surface area contributed by atoms with Crippen LogP contribution in [0.2, 0.25) is 0 Å². The summed E-state index contributed by atoms with van der Waals surface area (Å²) in [5.41, 5.74) is 6.35. The Hall–Kier alpha value is -2.96. The molecule has 0 fully saturated rings. The highest BCUT2D eigenvalue weighted by Gasteiger charge is 2.21. The van der Waals surface area contributed by atoms with Crippen LogP contribution in [0.25, 0.3) is 17.0 Å². The van der Waals surface area contributed by atoms with E-state index in [0.29, 0.717) is 6.04 Å². The number of amides is 1. The lowest BCUT2D eigenvalue weighted by molar-refractivity contribution is -0.124. The predicted octanol–water partition coefficient (Wildman–Crippen LogP) is 2.83. The largest absolute Gasteiger partial charge is 0.308 e. The zero-order chi connectivity index (χ0) is 18.6. The van der Waals surface area contributed by atoms with Crippen LogP contribution >= 0.6 is 0 Å². The summed E-state index contributed by atoms with van der Waals surface area (Å²) in [5, 5.41) is 17.8. The van der Waals surface area contributed by atoms with Crippen LogP contribution < -0.4 is 10.8 Å². The second-order valence-electron chi connectivity index (χ2n) is 6.74. The van der Waals surface area contributed by atoms with E-state index in [1.807, 2.05) is 29.1 Å². The number of nitrogens with one attached hydrogen (secondary N) is 2. The van der Waals surface area contributed by atoms with Gasteiger partial charge in [-0.25, -0.2) is 5.48 Å². The molecule has 1 amide bonds. The van der Waals surface area contributed by atoms with E-state index in [0.717, 1.165) is 37.0 Å². The molecular formula is C21H22N4O2. The van der Waals surface area contributed by atoms with Crippen LogP contribution in [0.3, 0.4) is 0 Å². The van der Waals surface area contributed by atoms with Crippen LogP contribution in [0.15, 0.2) is 54.7 Å². The summed E-state index contributed by atoms with van der Waals surface area (Å²) < 4.78 is 2.04. The van der Waals surface area contributed by atoms with Crippen LogP contribution in [0.5, 0.6) is 0 Å². The molecule has 1 unspecified atom stereocenters. The number of carbonyl (C=O) groups excluding carboxylic acids is 1. The predicted molar refractivity (Wildman–Crippen MR) is 104 cm³/mol. The molecule has 4 rings (SSSR count). The van der Waals surface area contributed by atoms with Gasteiger partial charge in [-0.05, 0) is 41.7 Å². The lowest BCUT2D eigenvalue weighted by Gasteiger charge is -2.14. The van der Waals surface area contributed by atoms with Crippen molar-refractivity contribution >= 4 is 22.9 Å². The van der Waals surface area contributed by atoms with Crippen molar-refractivity contribution < 1.29 is 10.0 Å². The maximum Gasteiger partial charge on any atom is 0.267 e. The minimum atomic E-state index is -0.527. The zero-order valence-electron chi connectivity index (χ0n) is 14.9. The summed E-state index contributed by atoms with van der Waals surface area (Å²) in [4.78, 5) is 11.1. The van der Waals surface area contributed by atoms with Crippen molar-refractivity contribution in [3.05, 3.63) is 71.4 Å². The van der Waals surface area contributed by atoms with Crippen LogP contribution in [-0.4, -0.2) is 27.4 Å². The van der Waals surface area contributed by atoms with Crippen LogP contribution in [0, 0.1) is 0 Å². The van der Waals surface area contributed by atoms with Gasteiger partial charge in [-0.2, -0.15) is 5.10 Å². The van der Waals surface area contributed by atoms with E-state index in [1.165, 1.54) is 22.6 Å². The molecule has 3 N–H and O–H groups in total. The maximum atomic E-state index is 11.1. The molecule has 0 saturated carbocycles. The average Bonchev–Trinajstić information content (AvgIpc) is 3.30. The van der Waals surface area contributed by atoms with Crippen LogP contribution in [-0.2, 0) is 17.8 Å². The van der Waals surface area contributed by atoms with Crippen molar-refractivity contribution in [3.8, 4) is 0 Å². The van der Waals surface area contributed by atoms with E-state index in [9.17, 15) is 4.79 Å². The van der Waals surface area contributed by atoms with Gasteiger partial charge in [-0.3, -0.25) is 14.7 Å². The lowest BCUT2D eigenvalue weighted by atomic mass is 10.0. The van der Waals surface area contributed by atoms with Gasteiger partial charge >= 0.3 is 0 Å². The fourth-order valence-corrected chi connectivity index (χ4v) is 3.71. The van der Waals surface area contributed by atoms with Gasteiger partial charge in [-0.15, -0.1) is 0 Å². The molecule has 27 heavy (non-hydrogen) atoms. The molecule has 6 nitrogen and oxygen atoms in total. The number of hydroxylamine groups is 1. The van der Waals surface area contributed by atoms with Gasteiger partial charge in [0.15, 0.2) is 0 Å². The SMILES string of the molecule is O=C(C=Cc1ccc2c(c1)CCC2NCCn1ncc2ccccc21)NO. The van der Waals surface area contributed by atoms with Crippen molar-refractivity contribution in [2.45, 2.75) is 25.4 Å². The Morgan fingerprint density at radius 2 is 2.19 bits per heavy atom. The first-order valence-corrected chi connectivity index (χ1v) is 9.13. The summed E-state index contributed by atoms with van der Waals surface area (Å²) in [5.74, 6) is -0.527. The van der Waals surface area contributed by atoms with Gasteiger partial charge in [-0.1, -0.05) is 36.4 Å². The van der Waals surface area contributed by atoms with Gasteiger partial charge in [0.05, 0.1) is 18.3 Å². The fourth-order valence-electron chi connectivity index (χ4n) is 3.71.